The molecule has 0 unspecified atom stereocenters. The highest BCUT2D eigenvalue weighted by Gasteiger charge is 1.91. The van der Waals surface area contributed by atoms with Crippen LogP contribution in [-0.4, -0.2) is 132 Å². The minimum absolute atomic E-state index is 0.0413. The fourth-order valence-corrected chi connectivity index (χ4v) is 1.34. The van der Waals surface area contributed by atoms with Crippen molar-refractivity contribution in [3.63, 3.8) is 0 Å². The van der Waals surface area contributed by atoms with E-state index in [-0.39, 0.29) is 26.4 Å². The molecular weight excluding hydrogens is 412 g/mol. The zero-order chi connectivity index (χ0) is 23.1. The van der Waals surface area contributed by atoms with Gasteiger partial charge in [0.25, 0.3) is 0 Å². The topological polar surface area (TPSA) is 199 Å². The van der Waals surface area contributed by atoms with Crippen LogP contribution in [0, 0.1) is 0 Å². The first-order valence-corrected chi connectivity index (χ1v) is 9.34. The first-order valence-electron chi connectivity index (χ1n) is 9.34. The second-order valence-electron chi connectivity index (χ2n) is 4.82. The molecular formula is C17H36O13-2. The van der Waals surface area contributed by atoms with Gasteiger partial charge in [-0.15, -0.1) is 0 Å². The fourth-order valence-electron chi connectivity index (χ4n) is 1.34. The quantitative estimate of drug-likeness (QED) is 0.130. The summed E-state index contributed by atoms with van der Waals surface area (Å²) in [5.74, 6) is 0. The molecule has 30 heavy (non-hydrogen) atoms. The van der Waals surface area contributed by atoms with Crippen molar-refractivity contribution in [2.45, 2.75) is 0 Å². The van der Waals surface area contributed by atoms with Crippen molar-refractivity contribution in [1.82, 2.24) is 0 Å². The van der Waals surface area contributed by atoms with Gasteiger partial charge in [0.1, 0.15) is 0 Å². The molecule has 0 amide bonds. The Morgan fingerprint density at radius 2 is 0.567 bits per heavy atom. The molecule has 0 aliphatic carbocycles. The van der Waals surface area contributed by atoms with Gasteiger partial charge in [-0.3, -0.25) is 0 Å². The van der Waals surface area contributed by atoms with Gasteiger partial charge in [0, 0.05) is 0 Å². The highest BCUT2D eigenvalue weighted by Crippen LogP contribution is 1.81. The van der Waals surface area contributed by atoms with Gasteiger partial charge in [0.05, 0.1) is 106 Å². The Balaban J connectivity index is -0.000000412. The van der Waals surface area contributed by atoms with E-state index in [1.54, 1.807) is 0 Å². The molecule has 0 aliphatic heterocycles. The first kappa shape index (κ1) is 33.5. The molecule has 0 aromatic rings. The van der Waals surface area contributed by atoms with Gasteiger partial charge in [-0.25, -0.2) is 0 Å². The number of carbonyl (C=O) groups excluding carboxylic acids is 1. The molecule has 0 rings (SSSR count). The first-order chi connectivity index (χ1) is 14.6. The summed E-state index contributed by atoms with van der Waals surface area (Å²) in [5, 5.41) is 50.1. The molecule has 0 aromatic heterocycles. The summed E-state index contributed by atoms with van der Waals surface area (Å²) in [6.45, 7) is 5.53. The van der Waals surface area contributed by atoms with E-state index in [0.29, 0.717) is 79.3 Å². The number of carboxylic acid groups (broad SMARTS) is 2. The van der Waals surface area contributed by atoms with E-state index in [0.717, 1.165) is 0 Å². The van der Waals surface area contributed by atoms with Crippen molar-refractivity contribution in [2.24, 2.45) is 0 Å². The number of rotatable bonds is 20. The summed E-state index contributed by atoms with van der Waals surface area (Å²) in [4.78, 5) is 8.33. The van der Waals surface area contributed by atoms with E-state index in [4.69, 9.17) is 63.9 Å². The van der Waals surface area contributed by atoms with Crippen LogP contribution in [0.3, 0.4) is 0 Å². The van der Waals surface area contributed by atoms with E-state index in [9.17, 15) is 0 Å². The van der Waals surface area contributed by atoms with Crippen molar-refractivity contribution < 1.29 is 63.9 Å². The maximum atomic E-state index is 8.36. The average molecular weight is 448 g/mol. The summed E-state index contributed by atoms with van der Waals surface area (Å²) in [6.07, 6.45) is -2.33. The van der Waals surface area contributed by atoms with Crippen LogP contribution in [0.5, 0.6) is 0 Å². The lowest BCUT2D eigenvalue weighted by molar-refractivity contribution is -0.415. The number of hydrogen-bond donors (Lipinski definition) is 4. The van der Waals surface area contributed by atoms with Crippen LogP contribution >= 0.6 is 0 Å². The summed E-state index contributed by atoms with van der Waals surface area (Å²) in [7, 11) is 0. The molecule has 0 saturated heterocycles. The third-order valence-electron chi connectivity index (χ3n) is 2.43. The Hall–Kier alpha value is -1.13. The number of carbonyl (C=O) groups is 1. The molecule has 184 valence electrons. The molecule has 13 nitrogen and oxygen atoms in total. The summed E-state index contributed by atoms with van der Waals surface area (Å²) < 4.78 is 30.0. The summed E-state index contributed by atoms with van der Waals surface area (Å²) in [5.41, 5.74) is 0. The SMILES string of the molecule is O=C([O-])[O-].OCCOCCOCCOCCO.OCCOCCOCCOCCO. The number of hydrogen-bond acceptors (Lipinski definition) is 13. The molecule has 0 radical (unpaired) electrons. The average Bonchev–Trinajstić information content (AvgIpc) is 2.71. The van der Waals surface area contributed by atoms with Gasteiger partial charge in [0.15, 0.2) is 0 Å². The third kappa shape index (κ3) is 50.5. The van der Waals surface area contributed by atoms with Gasteiger partial charge in [-0.1, -0.05) is 0 Å². The normalized spacial score (nSPS) is 10.0. The lowest BCUT2D eigenvalue weighted by Gasteiger charge is -2.04. The Morgan fingerprint density at radius 3 is 0.700 bits per heavy atom. The second-order valence-corrected chi connectivity index (χ2v) is 4.82. The molecule has 0 bridgehead atoms. The summed E-state index contributed by atoms with van der Waals surface area (Å²) in [6, 6.07) is 0. The Bertz CT molecular complexity index is 249. The maximum absolute atomic E-state index is 8.36. The second kappa shape index (κ2) is 35.3. The molecule has 0 fully saturated rings. The van der Waals surface area contributed by atoms with Crippen LogP contribution in [0.1, 0.15) is 0 Å². The number of aliphatic hydroxyl groups is 4. The number of aliphatic hydroxyl groups excluding tert-OH is 4. The van der Waals surface area contributed by atoms with Crippen molar-refractivity contribution in [3.8, 4) is 0 Å². The zero-order valence-corrected chi connectivity index (χ0v) is 17.3. The van der Waals surface area contributed by atoms with E-state index in [2.05, 4.69) is 0 Å². The number of ether oxygens (including phenoxy) is 6. The van der Waals surface area contributed by atoms with Gasteiger partial charge >= 0.3 is 0 Å². The molecule has 0 aliphatic rings. The lowest BCUT2D eigenvalue weighted by Crippen LogP contribution is -2.37. The minimum Gasteiger partial charge on any atom is -0.652 e. The van der Waals surface area contributed by atoms with Gasteiger partial charge in [-0.05, 0) is 6.16 Å². The fraction of sp³-hybridized carbons (Fsp3) is 0.941. The lowest BCUT2D eigenvalue weighted by atomic mass is 10.7. The Labute approximate surface area is 176 Å². The smallest absolute Gasteiger partial charge is 0.0701 e. The van der Waals surface area contributed by atoms with Crippen molar-refractivity contribution >= 4 is 6.16 Å². The maximum Gasteiger partial charge on any atom is 0.0701 e. The monoisotopic (exact) mass is 448 g/mol. The standard InChI is InChI=1S/2C8H18O5.CH2O3/c2*9-1-3-11-5-7-13-8-6-12-4-2-10;2-1(3)4/h2*9-10H,1-8H2;(H2,2,3,4)/p-2. The van der Waals surface area contributed by atoms with Crippen LogP contribution in [0.4, 0.5) is 4.79 Å². The molecule has 0 spiro atoms. The highest BCUT2D eigenvalue weighted by atomic mass is 16.6. The van der Waals surface area contributed by atoms with E-state index in [1.165, 1.54) is 0 Å². The van der Waals surface area contributed by atoms with Crippen molar-refractivity contribution in [2.75, 3.05) is 106 Å². The Kier molecular flexibility index (Phi) is 39.4. The molecule has 0 aromatic carbocycles. The van der Waals surface area contributed by atoms with Crippen LogP contribution in [0.2, 0.25) is 0 Å². The van der Waals surface area contributed by atoms with Crippen LogP contribution < -0.4 is 10.2 Å². The molecule has 4 N–H and O–H groups in total. The molecule has 13 heteroatoms. The summed E-state index contributed by atoms with van der Waals surface area (Å²) >= 11 is 0. The van der Waals surface area contributed by atoms with Crippen molar-refractivity contribution in [3.05, 3.63) is 0 Å². The van der Waals surface area contributed by atoms with Crippen LogP contribution in [-0.2, 0) is 28.4 Å². The van der Waals surface area contributed by atoms with Crippen LogP contribution in [0.25, 0.3) is 0 Å². The molecule has 0 atom stereocenters. The van der Waals surface area contributed by atoms with Gasteiger partial charge < -0.3 is 63.9 Å². The minimum atomic E-state index is -2.33. The van der Waals surface area contributed by atoms with E-state index < -0.39 is 6.16 Å². The highest BCUT2D eigenvalue weighted by molar-refractivity contribution is 5.47. The van der Waals surface area contributed by atoms with Gasteiger partial charge in [0.2, 0.25) is 0 Å². The van der Waals surface area contributed by atoms with Crippen molar-refractivity contribution in [1.29, 1.82) is 0 Å². The zero-order valence-electron chi connectivity index (χ0n) is 17.3. The van der Waals surface area contributed by atoms with E-state index in [1.807, 2.05) is 0 Å². The van der Waals surface area contributed by atoms with Crippen LogP contribution in [0.15, 0.2) is 0 Å². The third-order valence-corrected chi connectivity index (χ3v) is 2.43. The predicted molar refractivity (Wildman–Crippen MR) is 98.7 cm³/mol. The predicted octanol–water partition coefficient (Wildman–Crippen LogP) is -4.41. The molecule has 0 saturated carbocycles. The van der Waals surface area contributed by atoms with E-state index >= 15 is 0 Å². The Morgan fingerprint density at radius 1 is 0.433 bits per heavy atom. The van der Waals surface area contributed by atoms with Gasteiger partial charge in [-0.2, -0.15) is 0 Å². The largest absolute Gasteiger partial charge is 0.652 e. The molecule has 0 heterocycles.